The second-order valence-electron chi connectivity index (χ2n) is 31.0. The van der Waals surface area contributed by atoms with Gasteiger partial charge in [-0.3, -0.25) is 107 Å². The van der Waals surface area contributed by atoms with Gasteiger partial charge in [0.15, 0.2) is 11.9 Å². The maximum absolute atomic E-state index is 14.8. The molecule has 0 aliphatic rings. The number of nitrogens with one attached hydrogen (secondary N) is 18. The summed E-state index contributed by atoms with van der Waals surface area (Å²) in [6.07, 6.45) is -11.4. The molecule has 0 bridgehead atoms. The van der Waals surface area contributed by atoms with Gasteiger partial charge in [0.1, 0.15) is 90.3 Å². The van der Waals surface area contributed by atoms with Gasteiger partial charge in [-0.2, -0.15) is 12.6 Å². The first kappa shape index (κ1) is 112. The number of aliphatic hydroxyl groups is 1. The van der Waals surface area contributed by atoms with Gasteiger partial charge in [0.05, 0.1) is 37.8 Å². The van der Waals surface area contributed by atoms with Crippen LogP contribution in [0.1, 0.15) is 157 Å². The molecule has 0 saturated heterocycles. The maximum atomic E-state index is 14.8. The van der Waals surface area contributed by atoms with Gasteiger partial charge in [0.25, 0.3) is 0 Å². The molecule has 0 saturated carbocycles. The minimum Gasteiger partial charge on any atom is -0.508 e. The van der Waals surface area contributed by atoms with Crippen LogP contribution in [0, 0.1) is 28.6 Å². The third kappa shape index (κ3) is 45.3. The quantitative estimate of drug-likeness (QED) is 0.0125. The lowest BCUT2D eigenvalue weighted by Gasteiger charge is -2.29. The molecule has 1 aromatic rings. The zero-order chi connectivity index (χ0) is 97.0. The SMILES string of the molecule is CC(C)CC(NC(=O)C(CCC(=O)O)NC(=O)C(Cc1ccc(O)cc1)NC(=O)C(CCC(N)=O)NC(=O)C(CC(=O)O)NC(=O)C(CCCNC(=N)N)NC(=O)C(CC(=O)O)NC(=O)C(C)N)C(=O)NC(CC(C)C)C(=O)NC(CS)C(=O)NC(CC(C)C)C(=O)NC(CC(=O)O)C(=O)NC(CC(N)=O)C(=O)NC(C(=O)NC(CCCNC(=N)N)C(=O)O)C(C)O. The molecular formula is C75H121N23O28S. The summed E-state index contributed by atoms with van der Waals surface area (Å²) in [6.45, 7) is 11.8. The van der Waals surface area contributed by atoms with Crippen LogP contribution in [-0.2, 0) is 107 Å². The molecule has 127 heavy (non-hydrogen) atoms. The minimum atomic E-state index is -2.18. The Morgan fingerprint density at radius 1 is 0.346 bits per heavy atom. The van der Waals surface area contributed by atoms with Crippen molar-refractivity contribution in [1.29, 1.82) is 10.8 Å². The van der Waals surface area contributed by atoms with E-state index in [0.717, 1.165) is 6.92 Å². The van der Waals surface area contributed by atoms with Gasteiger partial charge in [0, 0.05) is 38.1 Å². The predicted octanol–water partition coefficient (Wildman–Crippen LogP) is -9.44. The second kappa shape index (κ2) is 56.5. The number of phenols is 1. The largest absolute Gasteiger partial charge is 0.508 e. The van der Waals surface area contributed by atoms with Crippen molar-refractivity contribution in [3.05, 3.63) is 29.8 Å². The normalized spacial score (nSPS) is 14.8. The molecule has 35 N–H and O–H groups in total. The fourth-order valence-corrected chi connectivity index (χ4v) is 12.1. The van der Waals surface area contributed by atoms with Crippen molar-refractivity contribution in [3.63, 3.8) is 0 Å². The number of carbonyl (C=O) groups is 21. The molecule has 0 spiro atoms. The number of thiol groups is 1. The first-order valence-corrected chi connectivity index (χ1v) is 40.7. The lowest BCUT2D eigenvalue weighted by atomic mass is 9.99. The number of phenolic OH excluding ortho intramolecular Hbond substituents is 1. The third-order valence-electron chi connectivity index (χ3n) is 18.2. The number of carboxylic acids is 5. The van der Waals surface area contributed by atoms with E-state index in [-0.39, 0.29) is 62.9 Å². The molecule has 51 nitrogen and oxygen atoms in total. The molecule has 710 valence electrons. The molecule has 52 heteroatoms. The van der Waals surface area contributed by atoms with E-state index in [1.165, 1.54) is 31.2 Å². The van der Waals surface area contributed by atoms with Crippen LogP contribution in [0.25, 0.3) is 0 Å². The van der Waals surface area contributed by atoms with Gasteiger partial charge in [-0.15, -0.1) is 0 Å². The number of aromatic hydroxyl groups is 1. The van der Waals surface area contributed by atoms with Gasteiger partial charge < -0.3 is 149 Å². The Hall–Kier alpha value is -13.3. The number of hydrogen-bond acceptors (Lipinski definition) is 27. The Labute approximate surface area is 734 Å². The van der Waals surface area contributed by atoms with Crippen molar-refractivity contribution in [2.45, 2.75) is 255 Å². The molecule has 0 heterocycles. The number of aliphatic hydroxyl groups excluding tert-OH is 1. The number of benzene rings is 1. The van der Waals surface area contributed by atoms with Crippen LogP contribution in [0.3, 0.4) is 0 Å². The minimum absolute atomic E-state index is 0.0174. The average Bonchev–Trinajstić information content (AvgIpc) is 0.848. The summed E-state index contributed by atoms with van der Waals surface area (Å²) in [5.41, 5.74) is 27.2. The molecule has 0 fully saturated rings. The average molecular weight is 1820 g/mol. The third-order valence-corrected chi connectivity index (χ3v) is 18.6. The number of amides is 16. The number of aliphatic carboxylic acids is 5. The Bertz CT molecular complexity index is 4060. The highest BCUT2D eigenvalue weighted by molar-refractivity contribution is 7.80. The number of carboxylic acid groups (broad SMARTS) is 5. The number of rotatable bonds is 61. The molecule has 16 unspecified atom stereocenters. The van der Waals surface area contributed by atoms with E-state index < -0.39 is 321 Å². The Morgan fingerprint density at radius 3 is 0.969 bits per heavy atom. The molecule has 1 aromatic carbocycles. The van der Waals surface area contributed by atoms with E-state index in [4.69, 9.17) is 39.5 Å². The molecule has 1 rings (SSSR count). The zero-order valence-electron chi connectivity index (χ0n) is 71.3. The summed E-state index contributed by atoms with van der Waals surface area (Å²) >= 11 is 4.24. The smallest absolute Gasteiger partial charge is 0.326 e. The molecule has 0 aliphatic heterocycles. The summed E-state index contributed by atoms with van der Waals surface area (Å²) < 4.78 is 0. The van der Waals surface area contributed by atoms with Crippen LogP contribution in [0.15, 0.2) is 24.3 Å². The number of nitrogens with two attached hydrogens (primary N) is 5. The van der Waals surface area contributed by atoms with E-state index >= 15 is 0 Å². The van der Waals surface area contributed by atoms with Crippen LogP contribution in [0.2, 0.25) is 0 Å². The molecule has 0 aromatic heterocycles. The highest BCUT2D eigenvalue weighted by atomic mass is 32.1. The van der Waals surface area contributed by atoms with Gasteiger partial charge in [0.2, 0.25) is 94.5 Å². The van der Waals surface area contributed by atoms with Gasteiger partial charge in [-0.05, 0) is 107 Å². The highest BCUT2D eigenvalue weighted by Crippen LogP contribution is 2.17. The second-order valence-corrected chi connectivity index (χ2v) is 31.3. The highest BCUT2D eigenvalue weighted by Gasteiger charge is 2.41. The Kier molecular flexibility index (Phi) is 49.7. The molecule has 0 aliphatic carbocycles. The van der Waals surface area contributed by atoms with Gasteiger partial charge in [-0.1, -0.05) is 53.7 Å². The van der Waals surface area contributed by atoms with Gasteiger partial charge in [-0.25, -0.2) is 4.79 Å². The fourth-order valence-electron chi connectivity index (χ4n) is 11.8. The van der Waals surface area contributed by atoms with Crippen LogP contribution >= 0.6 is 12.6 Å². The van der Waals surface area contributed by atoms with E-state index in [1.54, 1.807) is 41.5 Å². The van der Waals surface area contributed by atoms with Gasteiger partial charge >= 0.3 is 29.8 Å². The number of primary amides is 2. The van der Waals surface area contributed by atoms with Crippen LogP contribution in [0.4, 0.5) is 0 Å². The first-order chi connectivity index (χ1) is 59.1. The van der Waals surface area contributed by atoms with E-state index in [0.29, 0.717) is 0 Å². The maximum Gasteiger partial charge on any atom is 0.326 e. The first-order valence-electron chi connectivity index (χ1n) is 40.0. The van der Waals surface area contributed by atoms with Crippen LogP contribution in [-0.4, -0.2) is 288 Å². The Balaban J connectivity index is 3.81. The van der Waals surface area contributed by atoms with E-state index in [2.05, 4.69) is 97.7 Å². The number of carbonyl (C=O) groups excluding carboxylic acids is 16. The van der Waals surface area contributed by atoms with Crippen molar-refractivity contribution >= 4 is 149 Å². The summed E-state index contributed by atoms with van der Waals surface area (Å²) in [6, 6.07) is -22.4. The summed E-state index contributed by atoms with van der Waals surface area (Å²) in [5.74, 6) is -31.1. The summed E-state index contributed by atoms with van der Waals surface area (Å²) in [7, 11) is 0. The predicted molar refractivity (Wildman–Crippen MR) is 448 cm³/mol. The van der Waals surface area contributed by atoms with Crippen LogP contribution < -0.4 is 114 Å². The molecule has 16 atom stereocenters. The number of guanidine groups is 2. The lowest BCUT2D eigenvalue weighted by molar-refractivity contribution is -0.143. The topological polar surface area (TPSA) is 870 Å². The summed E-state index contributed by atoms with van der Waals surface area (Å²) in [4.78, 5) is 282. The molecular weight excluding hydrogens is 1700 g/mol. The number of hydrogen-bond donors (Lipinski definition) is 31. The van der Waals surface area contributed by atoms with Crippen molar-refractivity contribution in [1.82, 2.24) is 85.1 Å². The van der Waals surface area contributed by atoms with Crippen molar-refractivity contribution < 1.29 is 136 Å². The summed E-state index contributed by atoms with van der Waals surface area (Å²) in [5, 5.41) is 121. The van der Waals surface area contributed by atoms with Crippen molar-refractivity contribution in [2.24, 2.45) is 46.4 Å². The van der Waals surface area contributed by atoms with Crippen LogP contribution in [0.5, 0.6) is 5.75 Å². The van der Waals surface area contributed by atoms with Crippen molar-refractivity contribution in [3.8, 4) is 5.75 Å². The molecule has 0 radical (unpaired) electrons. The van der Waals surface area contributed by atoms with E-state index in [1.807, 2.05) is 0 Å². The van der Waals surface area contributed by atoms with E-state index in [9.17, 15) is 136 Å². The van der Waals surface area contributed by atoms with Crippen molar-refractivity contribution in [2.75, 3.05) is 18.8 Å². The Morgan fingerprint density at radius 2 is 0.638 bits per heavy atom. The lowest BCUT2D eigenvalue weighted by Crippen LogP contribution is -2.62. The fraction of sp³-hybridized carbons (Fsp3) is 0.613. The standard InChI is InChI=1S/C75H121N23O28S/c1-32(2)23-43(63(115)91-45(25-34(5)6)65(117)97-51(31-127)71(123)92-44(24-33(3)4)64(116)96-50(30-57(109)110)69(121)94-47(27-53(78)102)70(122)98-58(36(8)99)72(124)88-42(73(125)126)12-10-22-84-75(81)82)90-62(114)41(18-20-54(103)104)87-66(118)46(26-37-13-15-38(100)16-14-37)93-61(113)40(17-19-52(77)101)86-68(120)49(29-56(107)108)95-60(112)39(11-9-21-83-74(79)80)85-67(119)48(28-55(105)106)89-59(111)35(7)76/h13-16,32-36,39-51,58,99-100,127H,9-12,17-31,76H2,1-8H3,(H2,77,101)(H2,78,102)(H,85,119)(H,86,120)(H,87,118)(H,88,124)(H,89,111)(H,90,114)(H,91,115)(H,92,123)(H,93,113)(H,94,121)(H,95,112)(H,96,116)(H,97,117)(H,98,122)(H,103,104)(H,105,106)(H,107,108)(H,109,110)(H,125,126)(H4,79,80,83)(H4,81,82,84). The zero-order valence-corrected chi connectivity index (χ0v) is 72.1. The molecule has 16 amide bonds. The monoisotopic (exact) mass is 1820 g/mol.